The normalized spacial score (nSPS) is 17.2. The number of carbonyl (C=O) groups is 1. The highest BCUT2D eigenvalue weighted by Crippen LogP contribution is 2.33. The Bertz CT molecular complexity index is 872. The number of thiophene rings is 1. The van der Waals surface area contributed by atoms with Crippen molar-refractivity contribution in [3.8, 4) is 0 Å². The van der Waals surface area contributed by atoms with Crippen LogP contribution in [0.25, 0.3) is 10.2 Å². The van der Waals surface area contributed by atoms with Crippen LogP contribution < -0.4 is 4.90 Å². The molecule has 0 spiro atoms. The van der Waals surface area contributed by atoms with Gasteiger partial charge >= 0.3 is 0 Å². The second kappa shape index (κ2) is 7.41. The quantitative estimate of drug-likeness (QED) is 0.628. The first-order valence-corrected chi connectivity index (χ1v) is 10.3. The van der Waals surface area contributed by atoms with Gasteiger partial charge in [0, 0.05) is 11.5 Å². The van der Waals surface area contributed by atoms with E-state index in [0.717, 1.165) is 34.5 Å². The van der Waals surface area contributed by atoms with E-state index < -0.39 is 0 Å². The van der Waals surface area contributed by atoms with E-state index in [1.54, 1.807) is 16.2 Å². The number of hydrogen-bond donors (Lipinski definition) is 0. The summed E-state index contributed by atoms with van der Waals surface area (Å²) in [6.07, 6.45) is 2.49. The molecule has 1 amide bonds. The summed E-state index contributed by atoms with van der Waals surface area (Å²) in [7, 11) is 0. The second-order valence-corrected chi connectivity index (χ2v) is 8.43. The van der Waals surface area contributed by atoms with E-state index in [-0.39, 0.29) is 12.0 Å². The minimum Gasteiger partial charge on any atom is -0.376 e. The molecule has 1 aliphatic rings. The van der Waals surface area contributed by atoms with Crippen LogP contribution in [0.15, 0.2) is 35.7 Å². The fourth-order valence-corrected chi connectivity index (χ4v) is 4.94. The number of aromatic nitrogens is 1. The zero-order valence-corrected chi connectivity index (χ0v) is 15.9. The van der Waals surface area contributed by atoms with E-state index in [1.165, 1.54) is 11.3 Å². The van der Waals surface area contributed by atoms with Crippen LogP contribution in [0.5, 0.6) is 0 Å². The molecule has 1 fully saturated rings. The van der Waals surface area contributed by atoms with Crippen molar-refractivity contribution in [2.45, 2.75) is 25.4 Å². The van der Waals surface area contributed by atoms with Crippen molar-refractivity contribution in [3.05, 3.63) is 45.6 Å². The number of hydrogen-bond acceptors (Lipinski definition) is 5. The van der Waals surface area contributed by atoms with E-state index >= 15 is 0 Å². The lowest BCUT2D eigenvalue weighted by atomic mass is 10.2. The van der Waals surface area contributed by atoms with Crippen molar-refractivity contribution >= 4 is 55.5 Å². The molecule has 0 radical (unpaired) electrons. The third kappa shape index (κ3) is 3.72. The third-order valence-electron chi connectivity index (χ3n) is 4.21. The van der Waals surface area contributed by atoms with Gasteiger partial charge in [-0.05, 0) is 36.4 Å². The van der Waals surface area contributed by atoms with Crippen LogP contribution in [-0.4, -0.2) is 30.1 Å². The second-order valence-electron chi connectivity index (χ2n) is 5.98. The number of thiazole rings is 1. The van der Waals surface area contributed by atoms with Crippen LogP contribution in [0.4, 0.5) is 5.13 Å². The largest absolute Gasteiger partial charge is 0.376 e. The predicted octanol–water partition coefficient (Wildman–Crippen LogP) is 4.77. The maximum absolute atomic E-state index is 13.0. The third-order valence-corrected chi connectivity index (χ3v) is 6.43. The summed E-state index contributed by atoms with van der Waals surface area (Å²) < 4.78 is 6.74. The Labute approximate surface area is 159 Å². The molecule has 25 heavy (non-hydrogen) atoms. The molecular weight excluding hydrogens is 376 g/mol. The Morgan fingerprint density at radius 3 is 3.00 bits per heavy atom. The van der Waals surface area contributed by atoms with Gasteiger partial charge in [0.25, 0.3) is 0 Å². The molecule has 4 rings (SSSR count). The minimum atomic E-state index is 0.0492. The maximum atomic E-state index is 13.0. The Morgan fingerprint density at radius 1 is 1.36 bits per heavy atom. The molecular formula is C18H17ClN2O2S2. The number of nitrogens with zero attached hydrogens (tertiary/aromatic N) is 2. The van der Waals surface area contributed by atoms with Crippen LogP contribution in [0, 0.1) is 0 Å². The molecule has 1 aliphatic heterocycles. The van der Waals surface area contributed by atoms with Gasteiger partial charge in [0.15, 0.2) is 5.13 Å². The first-order valence-electron chi connectivity index (χ1n) is 8.20. The van der Waals surface area contributed by atoms with Crippen molar-refractivity contribution in [1.82, 2.24) is 4.98 Å². The summed E-state index contributed by atoms with van der Waals surface area (Å²) in [4.78, 5) is 20.4. The smallest absolute Gasteiger partial charge is 0.234 e. The lowest BCUT2D eigenvalue weighted by molar-refractivity contribution is -0.118. The highest BCUT2D eigenvalue weighted by Gasteiger charge is 2.26. The molecule has 1 atom stereocenters. The summed E-state index contributed by atoms with van der Waals surface area (Å²) >= 11 is 9.36. The topological polar surface area (TPSA) is 42.4 Å². The number of benzene rings is 1. The van der Waals surface area contributed by atoms with Crippen molar-refractivity contribution in [2.24, 2.45) is 0 Å². The van der Waals surface area contributed by atoms with Crippen LogP contribution in [0.2, 0.25) is 5.02 Å². The fourth-order valence-electron chi connectivity index (χ4n) is 2.95. The average molecular weight is 393 g/mol. The summed E-state index contributed by atoms with van der Waals surface area (Å²) in [5, 5.41) is 3.30. The lowest BCUT2D eigenvalue weighted by Crippen LogP contribution is -2.38. The number of carbonyl (C=O) groups excluding carboxylic acids is 1. The number of fused-ring (bicyclic) bond motifs is 1. The van der Waals surface area contributed by atoms with Gasteiger partial charge in [-0.2, -0.15) is 0 Å². The van der Waals surface area contributed by atoms with Gasteiger partial charge in [-0.3, -0.25) is 9.69 Å². The summed E-state index contributed by atoms with van der Waals surface area (Å²) in [5.41, 5.74) is 0.755. The zero-order valence-electron chi connectivity index (χ0n) is 13.5. The fraction of sp³-hybridized carbons (Fsp3) is 0.333. The van der Waals surface area contributed by atoms with Gasteiger partial charge in [-0.25, -0.2) is 4.98 Å². The van der Waals surface area contributed by atoms with Gasteiger partial charge in [0.1, 0.15) is 5.52 Å². The van der Waals surface area contributed by atoms with Crippen molar-refractivity contribution in [3.63, 3.8) is 0 Å². The number of amides is 1. The van der Waals surface area contributed by atoms with Crippen LogP contribution in [0.1, 0.15) is 17.7 Å². The number of halogens is 1. The van der Waals surface area contributed by atoms with Crippen LogP contribution in [0.3, 0.4) is 0 Å². The van der Waals surface area contributed by atoms with E-state index in [0.29, 0.717) is 23.1 Å². The zero-order chi connectivity index (χ0) is 17.2. The Balaban J connectivity index is 1.65. The van der Waals surface area contributed by atoms with Gasteiger partial charge in [0.2, 0.25) is 5.91 Å². The molecule has 3 heterocycles. The monoisotopic (exact) mass is 392 g/mol. The number of ether oxygens (including phenoxy) is 1. The van der Waals surface area contributed by atoms with Crippen LogP contribution in [-0.2, 0) is 16.0 Å². The molecule has 2 aromatic heterocycles. The Kier molecular flexibility index (Phi) is 5.03. The van der Waals surface area contributed by atoms with E-state index in [1.807, 2.05) is 35.7 Å². The van der Waals surface area contributed by atoms with E-state index in [4.69, 9.17) is 16.3 Å². The maximum Gasteiger partial charge on any atom is 0.234 e. The number of rotatable bonds is 5. The minimum absolute atomic E-state index is 0.0492. The highest BCUT2D eigenvalue weighted by molar-refractivity contribution is 7.22. The van der Waals surface area contributed by atoms with Gasteiger partial charge < -0.3 is 4.74 Å². The highest BCUT2D eigenvalue weighted by atomic mass is 35.5. The van der Waals surface area contributed by atoms with Crippen LogP contribution >= 0.6 is 34.3 Å². The van der Waals surface area contributed by atoms with Crippen molar-refractivity contribution < 1.29 is 9.53 Å². The molecule has 0 saturated carbocycles. The van der Waals surface area contributed by atoms with Crippen molar-refractivity contribution in [2.75, 3.05) is 18.1 Å². The summed E-state index contributed by atoms with van der Waals surface area (Å²) in [6, 6.07) is 9.67. The average Bonchev–Trinajstić information content (AvgIpc) is 3.34. The molecule has 130 valence electrons. The SMILES string of the molecule is O=C(Cc1cccs1)N(C[C@@H]1CCCO1)c1nc2c(Cl)cccc2s1. The summed E-state index contributed by atoms with van der Waals surface area (Å²) in [5.74, 6) is 0.0492. The molecule has 0 unspecified atom stereocenters. The van der Waals surface area contributed by atoms with Gasteiger partial charge in [-0.15, -0.1) is 11.3 Å². The molecule has 1 aromatic carbocycles. The first-order chi connectivity index (χ1) is 12.2. The van der Waals surface area contributed by atoms with E-state index in [9.17, 15) is 4.79 Å². The van der Waals surface area contributed by atoms with Gasteiger partial charge in [-0.1, -0.05) is 35.1 Å². The standard InChI is InChI=1S/C18H17ClN2O2S2/c19-14-6-1-7-15-17(14)20-18(25-15)21(11-12-4-2-8-23-12)16(22)10-13-5-3-9-24-13/h1,3,5-7,9,12H,2,4,8,10-11H2/t12-/m0/s1. The molecule has 0 N–H and O–H groups in total. The number of anilines is 1. The van der Waals surface area contributed by atoms with Crippen molar-refractivity contribution in [1.29, 1.82) is 0 Å². The molecule has 3 aromatic rings. The number of para-hydroxylation sites is 1. The summed E-state index contributed by atoms with van der Waals surface area (Å²) in [6.45, 7) is 1.31. The lowest BCUT2D eigenvalue weighted by Gasteiger charge is -2.22. The molecule has 1 saturated heterocycles. The first kappa shape index (κ1) is 17.0. The predicted molar refractivity (Wildman–Crippen MR) is 104 cm³/mol. The molecule has 4 nitrogen and oxygen atoms in total. The van der Waals surface area contributed by atoms with E-state index in [2.05, 4.69) is 4.98 Å². The molecule has 0 aliphatic carbocycles. The Morgan fingerprint density at radius 2 is 2.28 bits per heavy atom. The van der Waals surface area contributed by atoms with Gasteiger partial charge in [0.05, 0.1) is 28.8 Å². The Hall–Kier alpha value is -1.47. The molecule has 0 bridgehead atoms. The molecule has 7 heteroatoms.